The van der Waals surface area contributed by atoms with Gasteiger partial charge < -0.3 is 5.32 Å². The Balaban J connectivity index is 2.09. The predicted octanol–water partition coefficient (Wildman–Crippen LogP) is 4.45. The molecule has 118 valence electrons. The fourth-order valence-electron chi connectivity index (χ4n) is 3.20. The highest BCUT2D eigenvalue weighted by molar-refractivity contribution is 8.03. The first-order valence-corrected chi connectivity index (χ1v) is 8.80. The Morgan fingerprint density at radius 1 is 1.36 bits per heavy atom. The van der Waals surface area contributed by atoms with Crippen molar-refractivity contribution in [3.63, 3.8) is 0 Å². The van der Waals surface area contributed by atoms with Gasteiger partial charge in [-0.15, -0.1) is 0 Å². The lowest BCUT2D eigenvalue weighted by Crippen LogP contribution is -2.44. The van der Waals surface area contributed by atoms with Crippen LogP contribution in [0.4, 0.5) is 0 Å². The number of thioether (sulfide) groups is 1. The number of hydrogen-bond donors (Lipinski definition) is 1. The molecule has 1 aliphatic rings. The average Bonchev–Trinajstić information content (AvgIpc) is 2.50. The van der Waals surface area contributed by atoms with Crippen LogP contribution in [0.15, 0.2) is 29.2 Å². The molecule has 0 spiro atoms. The van der Waals surface area contributed by atoms with Crippen LogP contribution in [0.1, 0.15) is 50.4 Å². The quantitative estimate of drug-likeness (QED) is 0.659. The average molecular weight is 316 g/mol. The van der Waals surface area contributed by atoms with E-state index >= 15 is 0 Å². The molecule has 1 N–H and O–H groups in total. The molecule has 2 rings (SSSR count). The zero-order valence-corrected chi connectivity index (χ0v) is 14.3. The van der Waals surface area contributed by atoms with E-state index in [1.54, 1.807) is 6.07 Å². The van der Waals surface area contributed by atoms with Crippen molar-refractivity contribution >= 4 is 17.7 Å². The minimum atomic E-state index is -0.0559. The third kappa shape index (κ3) is 4.04. The van der Waals surface area contributed by atoms with Crippen LogP contribution in [-0.4, -0.2) is 11.9 Å². The summed E-state index contributed by atoms with van der Waals surface area (Å²) in [5, 5.41) is 14.1. The van der Waals surface area contributed by atoms with Crippen molar-refractivity contribution in [2.24, 2.45) is 17.8 Å². The van der Waals surface area contributed by atoms with Crippen LogP contribution in [0.25, 0.3) is 0 Å². The number of nitriles is 1. The number of rotatable bonds is 4. The largest absolute Gasteiger partial charge is 0.349 e. The summed E-state index contributed by atoms with van der Waals surface area (Å²) < 4.78 is 0. The fourth-order valence-corrected chi connectivity index (χ4v) is 3.72. The Morgan fingerprint density at radius 3 is 2.77 bits per heavy atom. The Kier molecular flexibility index (Phi) is 5.90. The van der Waals surface area contributed by atoms with Gasteiger partial charge in [0.05, 0.1) is 5.56 Å². The van der Waals surface area contributed by atoms with Gasteiger partial charge in [0.15, 0.2) is 0 Å². The van der Waals surface area contributed by atoms with Gasteiger partial charge >= 0.3 is 0 Å². The van der Waals surface area contributed by atoms with Gasteiger partial charge in [-0.25, -0.2) is 0 Å². The Morgan fingerprint density at radius 2 is 2.09 bits per heavy atom. The summed E-state index contributed by atoms with van der Waals surface area (Å²) in [5.74, 6) is 1.80. The molecule has 0 aliphatic heterocycles. The summed E-state index contributed by atoms with van der Waals surface area (Å²) in [6.45, 7) is 6.74. The van der Waals surface area contributed by atoms with Gasteiger partial charge in [0.1, 0.15) is 5.40 Å². The molecule has 1 fully saturated rings. The molecule has 4 heteroatoms. The molecule has 22 heavy (non-hydrogen) atoms. The van der Waals surface area contributed by atoms with E-state index in [0.29, 0.717) is 23.3 Å². The van der Waals surface area contributed by atoms with Gasteiger partial charge in [0.25, 0.3) is 5.91 Å². The van der Waals surface area contributed by atoms with E-state index in [1.165, 1.54) is 12.8 Å². The van der Waals surface area contributed by atoms with Gasteiger partial charge in [-0.05, 0) is 60.9 Å². The monoisotopic (exact) mass is 316 g/mol. The maximum atomic E-state index is 12.6. The van der Waals surface area contributed by atoms with Crippen LogP contribution in [0.2, 0.25) is 0 Å². The first-order chi connectivity index (χ1) is 10.5. The lowest BCUT2D eigenvalue weighted by molar-refractivity contribution is 0.0879. The SMILES string of the molecule is CC(C)C1CCC(C)C(NC(=O)c2ccccc2SC#N)C1. The topological polar surface area (TPSA) is 52.9 Å². The smallest absolute Gasteiger partial charge is 0.252 e. The molecule has 1 aromatic carbocycles. The zero-order valence-electron chi connectivity index (χ0n) is 13.5. The van der Waals surface area contributed by atoms with Crippen molar-refractivity contribution in [1.29, 1.82) is 5.26 Å². The Hall–Kier alpha value is -1.47. The molecule has 3 unspecified atom stereocenters. The second-order valence-electron chi connectivity index (χ2n) is 6.56. The zero-order chi connectivity index (χ0) is 16.1. The van der Waals surface area contributed by atoms with E-state index in [1.807, 2.05) is 18.2 Å². The van der Waals surface area contributed by atoms with Crippen molar-refractivity contribution in [3.8, 4) is 5.40 Å². The van der Waals surface area contributed by atoms with E-state index < -0.39 is 0 Å². The van der Waals surface area contributed by atoms with Crippen molar-refractivity contribution in [1.82, 2.24) is 5.32 Å². The third-order valence-electron chi connectivity index (χ3n) is 4.78. The molecule has 3 atom stereocenters. The number of amides is 1. The summed E-state index contributed by atoms with van der Waals surface area (Å²) in [5.41, 5.74) is 0.605. The Labute approximate surface area is 137 Å². The molecule has 0 heterocycles. The van der Waals surface area contributed by atoms with Gasteiger partial charge in [-0.2, -0.15) is 5.26 Å². The summed E-state index contributed by atoms with van der Waals surface area (Å²) in [6.07, 6.45) is 3.48. The number of nitrogens with one attached hydrogen (secondary N) is 1. The van der Waals surface area contributed by atoms with Crippen molar-refractivity contribution in [2.45, 2.75) is 51.0 Å². The van der Waals surface area contributed by atoms with E-state index in [9.17, 15) is 4.79 Å². The standard InChI is InChI=1S/C18H24N2OS/c1-12(2)14-9-8-13(3)16(10-14)20-18(21)15-6-4-5-7-17(15)22-11-19/h4-7,12-14,16H,8-10H2,1-3H3,(H,20,21). The normalized spacial score (nSPS) is 24.8. The Bertz CT molecular complexity index is 564. The van der Waals surface area contributed by atoms with Gasteiger partial charge in [0, 0.05) is 10.9 Å². The maximum absolute atomic E-state index is 12.6. The lowest BCUT2D eigenvalue weighted by atomic mass is 9.74. The van der Waals surface area contributed by atoms with E-state index in [0.717, 1.165) is 23.1 Å². The number of hydrogen-bond acceptors (Lipinski definition) is 3. The first kappa shape index (κ1) is 16.9. The highest BCUT2D eigenvalue weighted by atomic mass is 32.2. The molecule has 1 saturated carbocycles. The van der Waals surface area contributed by atoms with Gasteiger partial charge in [-0.3, -0.25) is 4.79 Å². The summed E-state index contributed by atoms with van der Waals surface area (Å²) in [4.78, 5) is 13.3. The van der Waals surface area contributed by atoms with Crippen LogP contribution in [0.5, 0.6) is 0 Å². The molecule has 0 aromatic heterocycles. The third-order valence-corrected chi connectivity index (χ3v) is 5.45. The van der Waals surface area contributed by atoms with E-state index in [4.69, 9.17) is 5.26 Å². The van der Waals surface area contributed by atoms with Crippen LogP contribution in [0, 0.1) is 28.4 Å². The highest BCUT2D eigenvalue weighted by Gasteiger charge is 2.30. The van der Waals surface area contributed by atoms with Gasteiger partial charge in [-0.1, -0.05) is 32.9 Å². The van der Waals surface area contributed by atoms with Crippen LogP contribution in [0.3, 0.4) is 0 Å². The molecule has 0 saturated heterocycles. The number of thiocyanates is 1. The van der Waals surface area contributed by atoms with E-state index in [-0.39, 0.29) is 11.9 Å². The molecule has 1 amide bonds. The number of carbonyl (C=O) groups excluding carboxylic acids is 1. The molecule has 0 bridgehead atoms. The molecular weight excluding hydrogens is 292 g/mol. The predicted molar refractivity (Wildman–Crippen MR) is 90.5 cm³/mol. The summed E-state index contributed by atoms with van der Waals surface area (Å²) >= 11 is 1.04. The second kappa shape index (κ2) is 7.69. The first-order valence-electron chi connectivity index (χ1n) is 7.98. The van der Waals surface area contributed by atoms with Crippen LogP contribution >= 0.6 is 11.8 Å². The maximum Gasteiger partial charge on any atom is 0.252 e. The highest BCUT2D eigenvalue weighted by Crippen LogP contribution is 2.33. The van der Waals surface area contributed by atoms with Gasteiger partial charge in [0.2, 0.25) is 0 Å². The van der Waals surface area contributed by atoms with Crippen molar-refractivity contribution < 1.29 is 4.79 Å². The number of nitrogens with zero attached hydrogens (tertiary/aromatic N) is 1. The minimum Gasteiger partial charge on any atom is -0.349 e. The van der Waals surface area contributed by atoms with E-state index in [2.05, 4.69) is 31.5 Å². The summed E-state index contributed by atoms with van der Waals surface area (Å²) in [7, 11) is 0. The van der Waals surface area contributed by atoms with Crippen LogP contribution in [-0.2, 0) is 0 Å². The number of benzene rings is 1. The molecular formula is C18H24N2OS. The second-order valence-corrected chi connectivity index (χ2v) is 7.39. The molecule has 3 nitrogen and oxygen atoms in total. The molecule has 1 aliphatic carbocycles. The molecule has 1 aromatic rings. The fraction of sp³-hybridized carbons (Fsp3) is 0.556. The summed E-state index contributed by atoms with van der Waals surface area (Å²) in [6, 6.07) is 7.55. The minimum absolute atomic E-state index is 0.0559. The van der Waals surface area contributed by atoms with Crippen LogP contribution < -0.4 is 5.32 Å². The number of carbonyl (C=O) groups is 1. The van der Waals surface area contributed by atoms with Crippen molar-refractivity contribution in [2.75, 3.05) is 0 Å². The lowest BCUT2D eigenvalue weighted by Gasteiger charge is -2.36. The van der Waals surface area contributed by atoms with Crippen molar-refractivity contribution in [3.05, 3.63) is 29.8 Å². The molecule has 0 radical (unpaired) electrons.